The van der Waals surface area contributed by atoms with Crippen LogP contribution in [0.3, 0.4) is 0 Å². The molecule has 0 amide bonds. The lowest BCUT2D eigenvalue weighted by atomic mass is 10.2. The lowest BCUT2D eigenvalue weighted by molar-refractivity contribution is 1.06. The fourth-order valence-electron chi connectivity index (χ4n) is 1.29. The quantitative estimate of drug-likeness (QED) is 0.942. The van der Waals surface area contributed by atoms with E-state index in [2.05, 4.69) is 33.0 Å². The lowest BCUT2D eigenvalue weighted by Crippen LogP contribution is -1.95. The Morgan fingerprint density at radius 2 is 2.12 bits per heavy atom. The van der Waals surface area contributed by atoms with Crippen LogP contribution in [0, 0.1) is 0 Å². The molecule has 2 nitrogen and oxygen atoms in total. The summed E-state index contributed by atoms with van der Waals surface area (Å²) in [5.41, 5.74) is 6.74. The van der Waals surface area contributed by atoms with E-state index in [0.29, 0.717) is 6.54 Å². The monoisotopic (exact) mass is 294 g/mol. The van der Waals surface area contributed by atoms with E-state index in [1.54, 1.807) is 18.0 Å². The Labute approximate surface area is 107 Å². The molecule has 0 radical (unpaired) electrons. The normalized spacial score (nSPS) is 10.4. The first kappa shape index (κ1) is 11.6. The molecule has 4 heteroatoms. The summed E-state index contributed by atoms with van der Waals surface area (Å²) in [4.78, 5) is 5.47. The van der Waals surface area contributed by atoms with Gasteiger partial charge in [0, 0.05) is 17.6 Å². The van der Waals surface area contributed by atoms with Gasteiger partial charge in [-0.25, -0.2) is 4.98 Å². The summed E-state index contributed by atoms with van der Waals surface area (Å²) < 4.78 is 1.01. The van der Waals surface area contributed by atoms with Crippen LogP contribution in [0.5, 0.6) is 0 Å². The molecule has 2 aromatic rings. The number of aromatic nitrogens is 1. The van der Waals surface area contributed by atoms with Crippen molar-refractivity contribution in [3.63, 3.8) is 0 Å². The highest BCUT2D eigenvalue weighted by atomic mass is 79.9. The molecule has 0 aliphatic rings. The summed E-state index contributed by atoms with van der Waals surface area (Å²) in [6, 6.07) is 12.1. The van der Waals surface area contributed by atoms with Crippen LogP contribution in [0.2, 0.25) is 0 Å². The van der Waals surface area contributed by atoms with Gasteiger partial charge in [-0.1, -0.05) is 23.9 Å². The number of pyridine rings is 1. The van der Waals surface area contributed by atoms with E-state index in [9.17, 15) is 0 Å². The molecular weight excluding hydrogens is 284 g/mol. The standard InChI is InChI=1S/C12H11BrN2S/c13-11-5-2-6-15-12(11)16-10-4-1-3-9(7-10)8-14/h1-7H,8,14H2. The van der Waals surface area contributed by atoms with E-state index in [1.807, 2.05) is 24.3 Å². The van der Waals surface area contributed by atoms with E-state index < -0.39 is 0 Å². The van der Waals surface area contributed by atoms with Crippen LogP contribution in [0.25, 0.3) is 0 Å². The summed E-state index contributed by atoms with van der Waals surface area (Å²) in [7, 11) is 0. The molecular formula is C12H11BrN2S. The van der Waals surface area contributed by atoms with Crippen LogP contribution in [-0.4, -0.2) is 4.98 Å². The Balaban J connectivity index is 2.24. The first-order valence-corrected chi connectivity index (χ1v) is 6.48. The van der Waals surface area contributed by atoms with Crippen LogP contribution in [-0.2, 0) is 6.54 Å². The van der Waals surface area contributed by atoms with Gasteiger partial charge in [0.1, 0.15) is 5.03 Å². The van der Waals surface area contributed by atoms with Crippen LogP contribution in [0.15, 0.2) is 57.0 Å². The average Bonchev–Trinajstić information content (AvgIpc) is 2.32. The molecule has 16 heavy (non-hydrogen) atoms. The first-order chi connectivity index (χ1) is 7.79. The maximum absolute atomic E-state index is 5.61. The third-order valence-electron chi connectivity index (χ3n) is 2.07. The summed E-state index contributed by atoms with van der Waals surface area (Å²) in [6.45, 7) is 0.567. The molecule has 2 N–H and O–H groups in total. The molecule has 0 aliphatic heterocycles. The van der Waals surface area contributed by atoms with Crippen molar-refractivity contribution in [3.8, 4) is 0 Å². The molecule has 0 fully saturated rings. The Morgan fingerprint density at radius 1 is 1.25 bits per heavy atom. The minimum absolute atomic E-state index is 0.567. The van der Waals surface area contributed by atoms with E-state index in [-0.39, 0.29) is 0 Å². The molecule has 0 saturated heterocycles. The van der Waals surface area contributed by atoms with E-state index in [0.717, 1.165) is 20.0 Å². The van der Waals surface area contributed by atoms with Gasteiger partial charge in [-0.05, 0) is 45.8 Å². The zero-order valence-electron chi connectivity index (χ0n) is 8.56. The Bertz CT molecular complexity index is 488. The van der Waals surface area contributed by atoms with Crippen molar-refractivity contribution in [1.29, 1.82) is 0 Å². The molecule has 2 rings (SSSR count). The summed E-state index contributed by atoms with van der Waals surface area (Å²) >= 11 is 5.11. The van der Waals surface area contributed by atoms with Crippen LogP contribution < -0.4 is 5.73 Å². The number of hydrogen-bond acceptors (Lipinski definition) is 3. The van der Waals surface area contributed by atoms with Crippen molar-refractivity contribution < 1.29 is 0 Å². The van der Waals surface area contributed by atoms with Crippen LogP contribution in [0.1, 0.15) is 5.56 Å². The molecule has 1 aromatic heterocycles. The Morgan fingerprint density at radius 3 is 2.88 bits per heavy atom. The maximum atomic E-state index is 5.61. The smallest absolute Gasteiger partial charge is 0.115 e. The number of nitrogens with zero attached hydrogens (tertiary/aromatic N) is 1. The lowest BCUT2D eigenvalue weighted by Gasteiger charge is -2.04. The van der Waals surface area contributed by atoms with Crippen molar-refractivity contribution >= 4 is 27.7 Å². The largest absolute Gasteiger partial charge is 0.326 e. The van der Waals surface area contributed by atoms with Gasteiger partial charge in [0.05, 0.1) is 4.47 Å². The van der Waals surface area contributed by atoms with Gasteiger partial charge in [-0.2, -0.15) is 0 Å². The molecule has 1 heterocycles. The summed E-state index contributed by atoms with van der Waals surface area (Å²) in [5, 5.41) is 0.969. The SMILES string of the molecule is NCc1cccc(Sc2ncccc2Br)c1. The predicted molar refractivity (Wildman–Crippen MR) is 70.4 cm³/mol. The number of nitrogens with two attached hydrogens (primary N) is 1. The molecule has 1 aromatic carbocycles. The van der Waals surface area contributed by atoms with Gasteiger partial charge in [0.25, 0.3) is 0 Å². The van der Waals surface area contributed by atoms with Crippen molar-refractivity contribution in [2.24, 2.45) is 5.73 Å². The van der Waals surface area contributed by atoms with Gasteiger partial charge < -0.3 is 5.73 Å². The zero-order valence-corrected chi connectivity index (χ0v) is 11.0. The Hall–Kier alpha value is -0.840. The molecule has 0 spiro atoms. The summed E-state index contributed by atoms with van der Waals surface area (Å²) in [6.07, 6.45) is 1.79. The van der Waals surface area contributed by atoms with Crippen molar-refractivity contribution in [2.75, 3.05) is 0 Å². The van der Waals surface area contributed by atoms with Gasteiger partial charge >= 0.3 is 0 Å². The van der Waals surface area contributed by atoms with Crippen molar-refractivity contribution in [3.05, 3.63) is 52.6 Å². The van der Waals surface area contributed by atoms with Crippen molar-refractivity contribution in [2.45, 2.75) is 16.5 Å². The number of halogens is 1. The molecule has 0 bridgehead atoms. The highest BCUT2D eigenvalue weighted by molar-refractivity contribution is 9.10. The van der Waals surface area contributed by atoms with E-state index in [1.165, 1.54) is 0 Å². The summed E-state index contributed by atoms with van der Waals surface area (Å²) in [5.74, 6) is 0. The van der Waals surface area contributed by atoms with Gasteiger partial charge in [-0.15, -0.1) is 0 Å². The maximum Gasteiger partial charge on any atom is 0.115 e. The zero-order chi connectivity index (χ0) is 11.4. The second kappa shape index (κ2) is 5.48. The number of hydrogen-bond donors (Lipinski definition) is 1. The minimum Gasteiger partial charge on any atom is -0.326 e. The third kappa shape index (κ3) is 2.84. The first-order valence-electron chi connectivity index (χ1n) is 4.87. The van der Waals surface area contributed by atoms with Crippen LogP contribution >= 0.6 is 27.7 Å². The van der Waals surface area contributed by atoms with E-state index >= 15 is 0 Å². The predicted octanol–water partition coefficient (Wildman–Crippen LogP) is 3.45. The van der Waals surface area contributed by atoms with E-state index in [4.69, 9.17) is 5.73 Å². The second-order valence-corrected chi connectivity index (χ2v) is 5.16. The van der Waals surface area contributed by atoms with Crippen LogP contribution in [0.4, 0.5) is 0 Å². The molecule has 0 unspecified atom stereocenters. The topological polar surface area (TPSA) is 38.9 Å². The van der Waals surface area contributed by atoms with Crippen molar-refractivity contribution in [1.82, 2.24) is 4.98 Å². The Kier molecular flexibility index (Phi) is 3.98. The fraction of sp³-hybridized carbons (Fsp3) is 0.0833. The highest BCUT2D eigenvalue weighted by Crippen LogP contribution is 2.31. The third-order valence-corrected chi connectivity index (χ3v) is 3.98. The minimum atomic E-state index is 0.567. The number of benzene rings is 1. The molecule has 82 valence electrons. The highest BCUT2D eigenvalue weighted by Gasteiger charge is 2.03. The van der Waals surface area contributed by atoms with Gasteiger partial charge in [0.15, 0.2) is 0 Å². The number of rotatable bonds is 3. The average molecular weight is 295 g/mol. The second-order valence-electron chi connectivity index (χ2n) is 3.24. The molecule has 0 saturated carbocycles. The molecule has 0 atom stereocenters. The van der Waals surface area contributed by atoms with Gasteiger partial charge in [-0.3, -0.25) is 0 Å². The molecule has 0 aliphatic carbocycles. The fourth-order valence-corrected chi connectivity index (χ4v) is 2.65. The van der Waals surface area contributed by atoms with Gasteiger partial charge in [0.2, 0.25) is 0 Å².